The van der Waals surface area contributed by atoms with Gasteiger partial charge >= 0.3 is 0 Å². The standard InChI is InChI=1S/C9H19NS/c1-9(2,6-10-7-11)8-4-3-5-8/h8,10-11H,3-7H2,1-2H3. The van der Waals surface area contributed by atoms with Crippen LogP contribution in [0.1, 0.15) is 33.1 Å². The van der Waals surface area contributed by atoms with E-state index in [0.717, 1.165) is 18.3 Å². The Balaban J connectivity index is 2.25. The fourth-order valence-corrected chi connectivity index (χ4v) is 1.82. The van der Waals surface area contributed by atoms with Gasteiger partial charge in [-0.25, -0.2) is 0 Å². The lowest BCUT2D eigenvalue weighted by Crippen LogP contribution is -2.38. The molecular weight excluding hydrogens is 154 g/mol. The van der Waals surface area contributed by atoms with Crippen molar-refractivity contribution < 1.29 is 0 Å². The van der Waals surface area contributed by atoms with Crippen LogP contribution >= 0.6 is 12.6 Å². The van der Waals surface area contributed by atoms with Gasteiger partial charge in [-0.2, -0.15) is 12.6 Å². The average molecular weight is 173 g/mol. The van der Waals surface area contributed by atoms with Crippen LogP contribution in [0, 0.1) is 11.3 Å². The third-order valence-electron chi connectivity index (χ3n) is 2.90. The Morgan fingerprint density at radius 3 is 2.45 bits per heavy atom. The topological polar surface area (TPSA) is 12.0 Å². The zero-order valence-corrected chi connectivity index (χ0v) is 8.45. The van der Waals surface area contributed by atoms with E-state index < -0.39 is 0 Å². The van der Waals surface area contributed by atoms with E-state index in [1.807, 2.05) is 0 Å². The molecule has 0 unspecified atom stereocenters. The molecule has 0 aromatic carbocycles. The maximum Gasteiger partial charge on any atom is 0.0387 e. The summed E-state index contributed by atoms with van der Waals surface area (Å²) in [4.78, 5) is 0. The lowest BCUT2D eigenvalue weighted by molar-refractivity contribution is 0.121. The van der Waals surface area contributed by atoms with Gasteiger partial charge in [-0.3, -0.25) is 0 Å². The van der Waals surface area contributed by atoms with Crippen molar-refractivity contribution in [1.29, 1.82) is 0 Å². The molecule has 66 valence electrons. The molecule has 0 saturated heterocycles. The Hall–Kier alpha value is 0.310. The molecule has 0 bridgehead atoms. The molecule has 2 heteroatoms. The summed E-state index contributed by atoms with van der Waals surface area (Å²) in [6.07, 6.45) is 4.30. The van der Waals surface area contributed by atoms with Crippen molar-refractivity contribution >= 4 is 12.6 Å². The number of hydrogen-bond acceptors (Lipinski definition) is 2. The molecule has 0 aromatic rings. The third-order valence-corrected chi connectivity index (χ3v) is 3.13. The Bertz CT molecular complexity index is 119. The number of hydrogen-bond donors (Lipinski definition) is 2. The molecule has 0 radical (unpaired) electrons. The molecule has 0 aromatic heterocycles. The Labute approximate surface area is 75.4 Å². The molecule has 1 saturated carbocycles. The van der Waals surface area contributed by atoms with Gasteiger partial charge < -0.3 is 5.32 Å². The molecule has 1 N–H and O–H groups in total. The van der Waals surface area contributed by atoms with E-state index in [4.69, 9.17) is 0 Å². The Morgan fingerprint density at radius 1 is 1.45 bits per heavy atom. The van der Waals surface area contributed by atoms with Crippen molar-refractivity contribution in [2.45, 2.75) is 33.1 Å². The smallest absolute Gasteiger partial charge is 0.0387 e. The summed E-state index contributed by atoms with van der Waals surface area (Å²) in [6, 6.07) is 0. The Kier molecular flexibility index (Phi) is 3.26. The van der Waals surface area contributed by atoms with Crippen LogP contribution in [0.3, 0.4) is 0 Å². The molecule has 1 fully saturated rings. The van der Waals surface area contributed by atoms with E-state index in [0.29, 0.717) is 5.41 Å². The van der Waals surface area contributed by atoms with Gasteiger partial charge in [0, 0.05) is 12.4 Å². The van der Waals surface area contributed by atoms with Gasteiger partial charge in [0.2, 0.25) is 0 Å². The van der Waals surface area contributed by atoms with Crippen LogP contribution in [0.2, 0.25) is 0 Å². The number of nitrogens with one attached hydrogen (secondary N) is 1. The van der Waals surface area contributed by atoms with Crippen LogP contribution in [0.15, 0.2) is 0 Å². The minimum atomic E-state index is 0.487. The molecule has 0 heterocycles. The minimum Gasteiger partial charge on any atom is -0.308 e. The van der Waals surface area contributed by atoms with Gasteiger partial charge in [-0.05, 0) is 24.2 Å². The summed E-state index contributed by atoms with van der Waals surface area (Å²) >= 11 is 4.14. The van der Waals surface area contributed by atoms with Gasteiger partial charge in [-0.15, -0.1) is 0 Å². The van der Waals surface area contributed by atoms with E-state index in [1.54, 1.807) is 0 Å². The van der Waals surface area contributed by atoms with Crippen molar-refractivity contribution in [2.75, 3.05) is 12.4 Å². The van der Waals surface area contributed by atoms with Crippen LogP contribution in [-0.4, -0.2) is 12.4 Å². The van der Waals surface area contributed by atoms with E-state index in [2.05, 4.69) is 31.8 Å². The minimum absolute atomic E-state index is 0.487. The van der Waals surface area contributed by atoms with Crippen LogP contribution in [0.4, 0.5) is 0 Å². The van der Waals surface area contributed by atoms with Crippen molar-refractivity contribution in [1.82, 2.24) is 5.32 Å². The molecule has 1 rings (SSSR count). The zero-order chi connectivity index (χ0) is 8.32. The first-order chi connectivity index (χ1) is 5.17. The molecular formula is C9H19NS. The largest absolute Gasteiger partial charge is 0.308 e. The molecule has 0 amide bonds. The molecule has 11 heavy (non-hydrogen) atoms. The van der Waals surface area contributed by atoms with Crippen molar-refractivity contribution in [3.05, 3.63) is 0 Å². The normalized spacial score (nSPS) is 19.9. The van der Waals surface area contributed by atoms with Gasteiger partial charge in [0.05, 0.1) is 0 Å². The fourth-order valence-electron chi connectivity index (χ4n) is 1.71. The summed E-state index contributed by atoms with van der Waals surface area (Å²) in [7, 11) is 0. The van der Waals surface area contributed by atoms with Gasteiger partial charge in [0.25, 0.3) is 0 Å². The first-order valence-corrected chi connectivity index (χ1v) is 5.11. The maximum atomic E-state index is 4.14. The van der Waals surface area contributed by atoms with Crippen LogP contribution in [0.25, 0.3) is 0 Å². The number of thiol groups is 1. The molecule has 1 aliphatic rings. The maximum absolute atomic E-state index is 4.14. The highest BCUT2D eigenvalue weighted by atomic mass is 32.1. The van der Waals surface area contributed by atoms with E-state index in [1.165, 1.54) is 19.3 Å². The predicted octanol–water partition coefficient (Wildman–Crippen LogP) is 2.29. The highest BCUT2D eigenvalue weighted by Gasteiger charge is 2.33. The van der Waals surface area contributed by atoms with E-state index in [9.17, 15) is 0 Å². The van der Waals surface area contributed by atoms with Gasteiger partial charge in [-0.1, -0.05) is 20.3 Å². The second kappa shape index (κ2) is 3.81. The predicted molar refractivity (Wildman–Crippen MR) is 53.0 cm³/mol. The monoisotopic (exact) mass is 173 g/mol. The lowest BCUT2D eigenvalue weighted by atomic mass is 9.67. The number of rotatable bonds is 4. The Morgan fingerprint density at radius 2 is 2.09 bits per heavy atom. The average Bonchev–Trinajstić information content (AvgIpc) is 1.78. The highest BCUT2D eigenvalue weighted by molar-refractivity contribution is 7.80. The first-order valence-electron chi connectivity index (χ1n) is 4.48. The summed E-state index contributed by atoms with van der Waals surface area (Å²) in [5.41, 5.74) is 0.487. The third kappa shape index (κ3) is 2.38. The second-order valence-corrected chi connectivity index (χ2v) is 4.52. The quantitative estimate of drug-likeness (QED) is 0.491. The zero-order valence-electron chi connectivity index (χ0n) is 7.56. The second-order valence-electron chi connectivity index (χ2n) is 4.20. The summed E-state index contributed by atoms with van der Waals surface area (Å²) in [6.45, 7) is 5.82. The SMILES string of the molecule is CC(C)(CNCS)C1CCC1. The van der Waals surface area contributed by atoms with E-state index in [-0.39, 0.29) is 0 Å². The molecule has 0 atom stereocenters. The summed E-state index contributed by atoms with van der Waals surface area (Å²) in [5.74, 6) is 1.76. The highest BCUT2D eigenvalue weighted by Crippen LogP contribution is 2.40. The summed E-state index contributed by atoms with van der Waals surface area (Å²) < 4.78 is 0. The van der Waals surface area contributed by atoms with Crippen molar-refractivity contribution in [2.24, 2.45) is 11.3 Å². The first kappa shape index (κ1) is 9.40. The van der Waals surface area contributed by atoms with Crippen molar-refractivity contribution in [3.63, 3.8) is 0 Å². The van der Waals surface area contributed by atoms with Crippen LogP contribution in [-0.2, 0) is 0 Å². The van der Waals surface area contributed by atoms with E-state index >= 15 is 0 Å². The molecule has 0 aliphatic heterocycles. The van der Waals surface area contributed by atoms with Gasteiger partial charge in [0.1, 0.15) is 0 Å². The molecule has 0 spiro atoms. The molecule has 1 aliphatic carbocycles. The molecule has 1 nitrogen and oxygen atoms in total. The van der Waals surface area contributed by atoms with Crippen LogP contribution in [0.5, 0.6) is 0 Å². The van der Waals surface area contributed by atoms with Crippen LogP contribution < -0.4 is 5.32 Å². The van der Waals surface area contributed by atoms with Crippen molar-refractivity contribution in [3.8, 4) is 0 Å². The van der Waals surface area contributed by atoms with Gasteiger partial charge in [0.15, 0.2) is 0 Å². The lowest BCUT2D eigenvalue weighted by Gasteiger charge is -2.40. The fraction of sp³-hybridized carbons (Fsp3) is 1.00. The summed E-state index contributed by atoms with van der Waals surface area (Å²) in [5, 5.41) is 3.30.